The number of hydrogen-bond acceptors (Lipinski definition) is 3. The zero-order chi connectivity index (χ0) is 19.1. The summed E-state index contributed by atoms with van der Waals surface area (Å²) < 4.78 is 0. The molecular formula is C22H27N3O2. The van der Waals surface area contributed by atoms with Gasteiger partial charge in [-0.25, -0.2) is 4.79 Å². The molecule has 0 aliphatic heterocycles. The van der Waals surface area contributed by atoms with Crippen molar-refractivity contribution in [2.24, 2.45) is 0 Å². The summed E-state index contributed by atoms with van der Waals surface area (Å²) >= 11 is 0. The SMILES string of the molecule is Cc1ccc([C@@H](NCC(=O)NC(=O)NC2CCCC2)c2ccccc2)cc1. The van der Waals surface area contributed by atoms with Gasteiger partial charge in [0.1, 0.15) is 0 Å². The fourth-order valence-electron chi connectivity index (χ4n) is 3.49. The predicted octanol–water partition coefficient (Wildman–Crippen LogP) is 3.44. The van der Waals surface area contributed by atoms with Crippen LogP contribution in [0.5, 0.6) is 0 Å². The molecule has 0 aromatic heterocycles. The minimum atomic E-state index is -0.403. The molecule has 0 unspecified atom stereocenters. The third-order valence-corrected chi connectivity index (χ3v) is 4.95. The molecule has 3 N–H and O–H groups in total. The number of carbonyl (C=O) groups is 2. The predicted molar refractivity (Wildman–Crippen MR) is 106 cm³/mol. The van der Waals surface area contributed by atoms with E-state index in [1.54, 1.807) is 0 Å². The lowest BCUT2D eigenvalue weighted by molar-refractivity contribution is -0.119. The van der Waals surface area contributed by atoms with E-state index in [1.807, 2.05) is 37.3 Å². The topological polar surface area (TPSA) is 70.2 Å². The zero-order valence-corrected chi connectivity index (χ0v) is 15.7. The molecule has 5 heteroatoms. The van der Waals surface area contributed by atoms with Crippen LogP contribution in [0, 0.1) is 6.92 Å². The van der Waals surface area contributed by atoms with Crippen LogP contribution in [0.2, 0.25) is 0 Å². The molecule has 1 aliphatic carbocycles. The first-order valence-corrected chi connectivity index (χ1v) is 9.57. The van der Waals surface area contributed by atoms with Crippen molar-refractivity contribution in [2.75, 3.05) is 6.54 Å². The summed E-state index contributed by atoms with van der Waals surface area (Å²) in [4.78, 5) is 24.2. The molecule has 2 aromatic carbocycles. The monoisotopic (exact) mass is 365 g/mol. The second-order valence-electron chi connectivity index (χ2n) is 7.14. The Bertz CT molecular complexity index is 753. The molecule has 1 aliphatic rings. The lowest BCUT2D eigenvalue weighted by atomic mass is 9.98. The fourth-order valence-corrected chi connectivity index (χ4v) is 3.49. The van der Waals surface area contributed by atoms with Crippen LogP contribution >= 0.6 is 0 Å². The number of imide groups is 1. The number of amides is 3. The van der Waals surface area contributed by atoms with Gasteiger partial charge in [0.25, 0.3) is 0 Å². The average Bonchev–Trinajstić information content (AvgIpc) is 3.17. The zero-order valence-electron chi connectivity index (χ0n) is 15.7. The number of rotatable bonds is 6. The molecule has 0 radical (unpaired) electrons. The Kier molecular flexibility index (Phi) is 6.60. The summed E-state index contributed by atoms with van der Waals surface area (Å²) in [6.45, 7) is 2.11. The molecule has 1 atom stereocenters. The Hall–Kier alpha value is -2.66. The third-order valence-electron chi connectivity index (χ3n) is 4.95. The molecule has 0 spiro atoms. The summed E-state index contributed by atoms with van der Waals surface area (Å²) in [6, 6.07) is 17.9. The van der Waals surface area contributed by atoms with Gasteiger partial charge in [0.05, 0.1) is 12.6 Å². The van der Waals surface area contributed by atoms with Gasteiger partial charge in [0.2, 0.25) is 5.91 Å². The summed E-state index contributed by atoms with van der Waals surface area (Å²) in [7, 11) is 0. The van der Waals surface area contributed by atoms with Gasteiger partial charge < -0.3 is 5.32 Å². The number of urea groups is 1. The van der Waals surface area contributed by atoms with E-state index in [4.69, 9.17) is 0 Å². The van der Waals surface area contributed by atoms with Gasteiger partial charge in [-0.2, -0.15) is 0 Å². The normalized spacial score (nSPS) is 15.3. The van der Waals surface area contributed by atoms with Crippen LogP contribution in [-0.2, 0) is 4.79 Å². The molecule has 5 nitrogen and oxygen atoms in total. The van der Waals surface area contributed by atoms with Crippen molar-refractivity contribution >= 4 is 11.9 Å². The molecule has 142 valence electrons. The molecule has 0 bridgehead atoms. The van der Waals surface area contributed by atoms with Crippen molar-refractivity contribution in [1.29, 1.82) is 0 Å². The molecule has 1 saturated carbocycles. The quantitative estimate of drug-likeness (QED) is 0.734. The minimum Gasteiger partial charge on any atom is -0.335 e. The summed E-state index contributed by atoms with van der Waals surface area (Å²) in [5, 5.41) is 8.57. The third kappa shape index (κ3) is 5.66. The Balaban J connectivity index is 1.59. The van der Waals surface area contributed by atoms with Crippen molar-refractivity contribution in [1.82, 2.24) is 16.0 Å². The second kappa shape index (κ2) is 9.33. The van der Waals surface area contributed by atoms with Crippen LogP contribution in [0.1, 0.15) is 48.4 Å². The van der Waals surface area contributed by atoms with Gasteiger partial charge in [-0.15, -0.1) is 0 Å². The highest BCUT2D eigenvalue weighted by molar-refractivity contribution is 5.95. The number of aryl methyl sites for hydroxylation is 1. The van der Waals surface area contributed by atoms with Crippen molar-refractivity contribution in [3.63, 3.8) is 0 Å². The Morgan fingerprint density at radius 3 is 2.26 bits per heavy atom. The molecule has 27 heavy (non-hydrogen) atoms. The molecule has 2 aromatic rings. The average molecular weight is 365 g/mol. The molecule has 1 fully saturated rings. The standard InChI is InChI=1S/C22H27N3O2/c1-16-11-13-18(14-12-16)21(17-7-3-2-4-8-17)23-15-20(26)25-22(27)24-19-9-5-6-10-19/h2-4,7-8,11-14,19,21,23H,5-6,9-10,15H2,1H3,(H2,24,25,26,27)/t21-/m0/s1. The first-order chi connectivity index (χ1) is 13.1. The van der Waals surface area contributed by atoms with E-state index in [0.29, 0.717) is 0 Å². The highest BCUT2D eigenvalue weighted by Crippen LogP contribution is 2.22. The number of carbonyl (C=O) groups excluding carboxylic acids is 2. The number of nitrogens with one attached hydrogen (secondary N) is 3. The van der Waals surface area contributed by atoms with Crippen LogP contribution in [0.15, 0.2) is 54.6 Å². The van der Waals surface area contributed by atoms with E-state index >= 15 is 0 Å². The lowest BCUT2D eigenvalue weighted by Crippen LogP contribution is -2.46. The highest BCUT2D eigenvalue weighted by atomic mass is 16.2. The smallest absolute Gasteiger partial charge is 0.321 e. The van der Waals surface area contributed by atoms with Gasteiger partial charge in [0, 0.05) is 6.04 Å². The number of benzene rings is 2. The molecule has 3 rings (SSSR count). The minimum absolute atomic E-state index is 0.0610. The van der Waals surface area contributed by atoms with Crippen molar-refractivity contribution in [3.8, 4) is 0 Å². The maximum absolute atomic E-state index is 12.2. The Morgan fingerprint density at radius 2 is 1.59 bits per heavy atom. The second-order valence-corrected chi connectivity index (χ2v) is 7.14. The van der Waals surface area contributed by atoms with Crippen LogP contribution in [0.3, 0.4) is 0 Å². The molecule has 3 amide bonds. The van der Waals surface area contributed by atoms with E-state index < -0.39 is 6.03 Å². The number of hydrogen-bond donors (Lipinski definition) is 3. The van der Waals surface area contributed by atoms with Crippen LogP contribution in [0.4, 0.5) is 4.79 Å². The van der Waals surface area contributed by atoms with Crippen molar-refractivity contribution in [2.45, 2.75) is 44.7 Å². The first-order valence-electron chi connectivity index (χ1n) is 9.57. The highest BCUT2D eigenvalue weighted by Gasteiger charge is 2.19. The van der Waals surface area contributed by atoms with Crippen molar-refractivity contribution in [3.05, 3.63) is 71.3 Å². The van der Waals surface area contributed by atoms with Crippen LogP contribution in [-0.4, -0.2) is 24.5 Å². The summed E-state index contributed by atoms with van der Waals surface area (Å²) in [6.07, 6.45) is 4.25. The van der Waals surface area contributed by atoms with E-state index in [9.17, 15) is 9.59 Å². The Morgan fingerprint density at radius 1 is 0.963 bits per heavy atom. The first kappa shape index (κ1) is 19.1. The largest absolute Gasteiger partial charge is 0.335 e. The molecule has 0 saturated heterocycles. The van der Waals surface area contributed by atoms with Gasteiger partial charge in [-0.05, 0) is 30.9 Å². The maximum Gasteiger partial charge on any atom is 0.321 e. The lowest BCUT2D eigenvalue weighted by Gasteiger charge is -2.20. The summed E-state index contributed by atoms with van der Waals surface area (Å²) in [5.41, 5.74) is 3.34. The molecule has 0 heterocycles. The Labute approximate surface area is 160 Å². The van der Waals surface area contributed by atoms with Gasteiger partial charge in [-0.1, -0.05) is 73.0 Å². The summed E-state index contributed by atoms with van der Waals surface area (Å²) in [5.74, 6) is -0.335. The van der Waals surface area contributed by atoms with E-state index in [2.05, 4.69) is 40.2 Å². The van der Waals surface area contributed by atoms with E-state index in [0.717, 1.165) is 36.8 Å². The van der Waals surface area contributed by atoms with Gasteiger partial charge in [-0.3, -0.25) is 15.4 Å². The van der Waals surface area contributed by atoms with Gasteiger partial charge in [0.15, 0.2) is 0 Å². The van der Waals surface area contributed by atoms with Crippen LogP contribution < -0.4 is 16.0 Å². The van der Waals surface area contributed by atoms with Crippen molar-refractivity contribution < 1.29 is 9.59 Å². The fraction of sp³-hybridized carbons (Fsp3) is 0.364. The van der Waals surface area contributed by atoms with E-state index in [1.165, 1.54) is 5.56 Å². The van der Waals surface area contributed by atoms with E-state index in [-0.39, 0.29) is 24.5 Å². The van der Waals surface area contributed by atoms with Gasteiger partial charge >= 0.3 is 6.03 Å². The van der Waals surface area contributed by atoms with Crippen LogP contribution in [0.25, 0.3) is 0 Å². The maximum atomic E-state index is 12.2. The molecular weight excluding hydrogens is 338 g/mol.